The Labute approximate surface area is 96.1 Å². The largest absolute Gasteiger partial charge is 0.370 e. The van der Waals surface area contributed by atoms with Crippen LogP contribution in [0.1, 0.15) is 44.1 Å². The molecule has 1 aromatic heterocycles. The predicted octanol–water partition coefficient (Wildman–Crippen LogP) is 2.23. The second-order valence-corrected chi connectivity index (χ2v) is 4.68. The SMILES string of the molecule is CC1CCC(OCc2cc(CN)no2)CC1. The van der Waals surface area contributed by atoms with Crippen molar-refractivity contribution >= 4 is 0 Å². The van der Waals surface area contributed by atoms with Crippen LogP contribution in [-0.4, -0.2) is 11.3 Å². The van der Waals surface area contributed by atoms with E-state index in [4.69, 9.17) is 15.0 Å². The number of nitrogens with two attached hydrogens (primary N) is 1. The van der Waals surface area contributed by atoms with E-state index >= 15 is 0 Å². The van der Waals surface area contributed by atoms with Crippen LogP contribution in [-0.2, 0) is 17.9 Å². The molecule has 1 aromatic rings. The van der Waals surface area contributed by atoms with Gasteiger partial charge in [-0.2, -0.15) is 0 Å². The minimum absolute atomic E-state index is 0.391. The fourth-order valence-corrected chi connectivity index (χ4v) is 2.12. The molecular weight excluding hydrogens is 204 g/mol. The van der Waals surface area contributed by atoms with Crippen LogP contribution in [0, 0.1) is 5.92 Å². The van der Waals surface area contributed by atoms with Gasteiger partial charge >= 0.3 is 0 Å². The normalized spacial score (nSPS) is 25.9. The highest BCUT2D eigenvalue weighted by atomic mass is 16.5. The van der Waals surface area contributed by atoms with Crippen LogP contribution in [0.2, 0.25) is 0 Å². The summed E-state index contributed by atoms with van der Waals surface area (Å²) in [7, 11) is 0. The van der Waals surface area contributed by atoms with Gasteiger partial charge in [-0.15, -0.1) is 0 Å². The first-order valence-corrected chi connectivity index (χ1v) is 6.04. The van der Waals surface area contributed by atoms with Gasteiger partial charge in [0.1, 0.15) is 6.61 Å². The van der Waals surface area contributed by atoms with E-state index in [1.165, 1.54) is 25.7 Å². The summed E-state index contributed by atoms with van der Waals surface area (Å²) in [6.07, 6.45) is 5.27. The Hall–Kier alpha value is -0.870. The molecular formula is C12H20N2O2. The summed E-state index contributed by atoms with van der Waals surface area (Å²) in [4.78, 5) is 0. The van der Waals surface area contributed by atoms with Gasteiger partial charge in [0.2, 0.25) is 0 Å². The standard InChI is InChI=1S/C12H20N2O2/c1-9-2-4-11(5-3-9)15-8-12-6-10(7-13)14-16-12/h6,9,11H,2-5,7-8,13H2,1H3. The smallest absolute Gasteiger partial charge is 0.162 e. The molecule has 0 radical (unpaired) electrons. The van der Waals surface area contributed by atoms with E-state index < -0.39 is 0 Å². The van der Waals surface area contributed by atoms with Gasteiger partial charge in [0.05, 0.1) is 11.8 Å². The molecule has 0 aliphatic heterocycles. The summed E-state index contributed by atoms with van der Waals surface area (Å²) < 4.78 is 10.9. The van der Waals surface area contributed by atoms with Crippen LogP contribution in [0.5, 0.6) is 0 Å². The lowest BCUT2D eigenvalue weighted by atomic mass is 9.89. The van der Waals surface area contributed by atoms with Crippen molar-refractivity contribution in [1.29, 1.82) is 0 Å². The van der Waals surface area contributed by atoms with Gasteiger partial charge < -0.3 is 15.0 Å². The average molecular weight is 224 g/mol. The molecule has 0 aromatic carbocycles. The number of hydrogen-bond donors (Lipinski definition) is 1. The summed E-state index contributed by atoms with van der Waals surface area (Å²) in [6.45, 7) is 3.25. The number of ether oxygens (including phenoxy) is 1. The quantitative estimate of drug-likeness (QED) is 0.852. The van der Waals surface area contributed by atoms with Crippen LogP contribution in [0.25, 0.3) is 0 Å². The number of nitrogens with zero attached hydrogens (tertiary/aromatic N) is 1. The fourth-order valence-electron chi connectivity index (χ4n) is 2.12. The second-order valence-electron chi connectivity index (χ2n) is 4.68. The van der Waals surface area contributed by atoms with E-state index in [1.54, 1.807) is 0 Å². The number of rotatable bonds is 4. The molecule has 4 heteroatoms. The summed E-state index contributed by atoms with van der Waals surface area (Å²) in [5.74, 6) is 1.63. The van der Waals surface area contributed by atoms with Crippen LogP contribution < -0.4 is 5.73 Å². The Kier molecular flexibility index (Phi) is 3.96. The molecule has 0 spiro atoms. The van der Waals surface area contributed by atoms with E-state index in [-0.39, 0.29) is 0 Å². The van der Waals surface area contributed by atoms with Gasteiger partial charge in [-0.1, -0.05) is 12.1 Å². The number of hydrogen-bond acceptors (Lipinski definition) is 4. The third-order valence-corrected chi connectivity index (χ3v) is 3.24. The number of aromatic nitrogens is 1. The van der Waals surface area contributed by atoms with Crippen molar-refractivity contribution in [2.45, 2.75) is 51.9 Å². The summed E-state index contributed by atoms with van der Waals surface area (Å²) >= 11 is 0. The first kappa shape index (κ1) is 11.6. The second kappa shape index (κ2) is 5.46. The molecule has 0 saturated heterocycles. The van der Waals surface area contributed by atoms with E-state index in [1.807, 2.05) is 6.07 Å². The summed E-state index contributed by atoms with van der Waals surface area (Å²) in [6, 6.07) is 1.87. The highest BCUT2D eigenvalue weighted by Gasteiger charge is 2.19. The van der Waals surface area contributed by atoms with Crippen molar-refractivity contribution in [3.8, 4) is 0 Å². The monoisotopic (exact) mass is 224 g/mol. The maximum atomic E-state index is 5.80. The van der Waals surface area contributed by atoms with Crippen molar-refractivity contribution < 1.29 is 9.26 Å². The van der Waals surface area contributed by atoms with Crippen LogP contribution in [0.4, 0.5) is 0 Å². The molecule has 16 heavy (non-hydrogen) atoms. The molecule has 1 saturated carbocycles. The van der Waals surface area contributed by atoms with Gasteiger partial charge in [-0.05, 0) is 31.6 Å². The molecule has 1 aliphatic rings. The Morgan fingerprint density at radius 3 is 2.81 bits per heavy atom. The van der Waals surface area contributed by atoms with Crippen molar-refractivity contribution in [2.75, 3.05) is 0 Å². The molecule has 2 rings (SSSR count). The lowest BCUT2D eigenvalue weighted by Gasteiger charge is -2.25. The Morgan fingerprint density at radius 2 is 2.19 bits per heavy atom. The van der Waals surface area contributed by atoms with Crippen LogP contribution in [0.15, 0.2) is 10.6 Å². The molecule has 1 heterocycles. The lowest BCUT2D eigenvalue weighted by molar-refractivity contribution is -0.000643. The lowest BCUT2D eigenvalue weighted by Crippen LogP contribution is -2.20. The van der Waals surface area contributed by atoms with Crippen LogP contribution in [0.3, 0.4) is 0 Å². The summed E-state index contributed by atoms with van der Waals surface area (Å²) in [5.41, 5.74) is 6.24. The van der Waals surface area contributed by atoms with E-state index in [2.05, 4.69) is 12.1 Å². The molecule has 1 aliphatic carbocycles. The molecule has 0 unspecified atom stereocenters. The maximum Gasteiger partial charge on any atom is 0.162 e. The highest BCUT2D eigenvalue weighted by molar-refractivity contribution is 5.03. The zero-order chi connectivity index (χ0) is 11.4. The van der Waals surface area contributed by atoms with Crippen molar-refractivity contribution in [1.82, 2.24) is 5.16 Å². The fraction of sp³-hybridized carbons (Fsp3) is 0.750. The first-order valence-electron chi connectivity index (χ1n) is 6.04. The van der Waals surface area contributed by atoms with Crippen molar-refractivity contribution in [3.63, 3.8) is 0 Å². The van der Waals surface area contributed by atoms with Crippen molar-refractivity contribution in [2.24, 2.45) is 11.7 Å². The topological polar surface area (TPSA) is 61.3 Å². The Balaban J connectivity index is 1.74. The molecule has 4 nitrogen and oxygen atoms in total. The van der Waals surface area contributed by atoms with Gasteiger partial charge in [-0.25, -0.2) is 0 Å². The molecule has 0 bridgehead atoms. The first-order chi connectivity index (χ1) is 7.78. The molecule has 1 fully saturated rings. The highest BCUT2D eigenvalue weighted by Crippen LogP contribution is 2.26. The zero-order valence-corrected chi connectivity index (χ0v) is 9.82. The van der Waals surface area contributed by atoms with Gasteiger partial charge in [-0.3, -0.25) is 0 Å². The zero-order valence-electron chi connectivity index (χ0n) is 9.82. The predicted molar refractivity (Wildman–Crippen MR) is 60.6 cm³/mol. The molecule has 0 amide bonds. The summed E-state index contributed by atoms with van der Waals surface area (Å²) in [5, 5.41) is 3.83. The average Bonchev–Trinajstić information content (AvgIpc) is 2.76. The Bertz CT molecular complexity index is 317. The Morgan fingerprint density at radius 1 is 1.44 bits per heavy atom. The third-order valence-electron chi connectivity index (χ3n) is 3.24. The molecule has 90 valence electrons. The van der Waals surface area contributed by atoms with Crippen LogP contribution >= 0.6 is 0 Å². The van der Waals surface area contributed by atoms with E-state index in [0.717, 1.165) is 17.4 Å². The minimum atomic E-state index is 0.391. The van der Waals surface area contributed by atoms with Crippen molar-refractivity contribution in [3.05, 3.63) is 17.5 Å². The molecule has 0 atom stereocenters. The molecule has 2 N–H and O–H groups in total. The third kappa shape index (κ3) is 3.06. The minimum Gasteiger partial charge on any atom is -0.370 e. The maximum absolute atomic E-state index is 5.80. The van der Waals surface area contributed by atoms with Gasteiger partial charge in [0.15, 0.2) is 5.76 Å². The van der Waals surface area contributed by atoms with E-state index in [0.29, 0.717) is 19.3 Å². The van der Waals surface area contributed by atoms with Gasteiger partial charge in [0, 0.05) is 12.6 Å². The van der Waals surface area contributed by atoms with Gasteiger partial charge in [0.25, 0.3) is 0 Å². The van der Waals surface area contributed by atoms with E-state index in [9.17, 15) is 0 Å².